The Bertz CT molecular complexity index is 840. The number of rotatable bonds is 4. The number of methoxy groups -OCH3 is 2. The van der Waals surface area contributed by atoms with Crippen molar-refractivity contribution in [2.24, 2.45) is 0 Å². The Morgan fingerprint density at radius 1 is 1.12 bits per heavy atom. The fraction of sp³-hybridized carbons (Fsp3) is 0.111. The minimum Gasteiger partial charge on any atom is -0.502 e. The summed E-state index contributed by atoms with van der Waals surface area (Å²) in [4.78, 5) is 14.7. The maximum Gasteiger partial charge on any atom is 0.270 e. The van der Waals surface area contributed by atoms with Gasteiger partial charge in [-0.3, -0.25) is 9.69 Å². The van der Waals surface area contributed by atoms with Crippen molar-refractivity contribution in [2.45, 2.75) is 0 Å². The number of carbonyl (C=O) groups excluding carboxylic acids is 1. The number of carbonyl (C=O) groups is 1. The van der Waals surface area contributed by atoms with E-state index in [0.717, 1.165) is 5.69 Å². The zero-order valence-corrected chi connectivity index (χ0v) is 15.2. The smallest absolute Gasteiger partial charge is 0.270 e. The molecule has 2 aromatic carbocycles. The number of anilines is 1. The number of para-hydroxylation sites is 1. The second-order valence-electron chi connectivity index (χ2n) is 5.13. The van der Waals surface area contributed by atoms with Crippen molar-refractivity contribution >= 4 is 46.0 Å². The number of amides is 1. The molecule has 0 aliphatic carbocycles. The molecule has 1 heterocycles. The summed E-state index contributed by atoms with van der Waals surface area (Å²) in [6.07, 6.45) is 1.70. The topological polar surface area (TPSA) is 59.0 Å². The standard InChI is InChI=1S/C18H15NO4S2/c1-22-13-8-11(9-14(23-2)16(13)20)10-15-17(21)19(18(24)25-15)12-6-4-3-5-7-12/h3-10,20H,1-2H3/b15-10-. The average Bonchev–Trinajstić information content (AvgIpc) is 2.90. The molecule has 3 rings (SSSR count). The predicted molar refractivity (Wildman–Crippen MR) is 103 cm³/mol. The molecule has 0 aromatic heterocycles. The fourth-order valence-corrected chi connectivity index (χ4v) is 3.71. The van der Waals surface area contributed by atoms with Gasteiger partial charge in [0.15, 0.2) is 15.8 Å². The van der Waals surface area contributed by atoms with E-state index in [4.69, 9.17) is 21.7 Å². The van der Waals surface area contributed by atoms with Crippen LogP contribution in [0.5, 0.6) is 17.2 Å². The van der Waals surface area contributed by atoms with Gasteiger partial charge < -0.3 is 14.6 Å². The number of hydrogen-bond donors (Lipinski definition) is 1. The van der Waals surface area contributed by atoms with Crippen molar-refractivity contribution in [1.82, 2.24) is 0 Å². The summed E-state index contributed by atoms with van der Waals surface area (Å²) < 4.78 is 10.8. The molecule has 1 saturated heterocycles. The van der Waals surface area contributed by atoms with Crippen molar-refractivity contribution in [3.8, 4) is 17.2 Å². The van der Waals surface area contributed by atoms with Crippen molar-refractivity contribution in [3.63, 3.8) is 0 Å². The third-order valence-corrected chi connectivity index (χ3v) is 4.91. The molecular formula is C18H15NO4S2. The molecule has 0 saturated carbocycles. The number of ether oxygens (including phenoxy) is 2. The van der Waals surface area contributed by atoms with E-state index in [9.17, 15) is 9.90 Å². The summed E-state index contributed by atoms with van der Waals surface area (Å²) in [7, 11) is 2.90. The van der Waals surface area contributed by atoms with Crippen molar-refractivity contribution in [1.29, 1.82) is 0 Å². The van der Waals surface area contributed by atoms with Crippen LogP contribution in [0, 0.1) is 0 Å². The molecule has 128 valence electrons. The molecule has 5 nitrogen and oxygen atoms in total. The molecule has 1 N–H and O–H groups in total. The lowest BCUT2D eigenvalue weighted by Gasteiger charge is -2.13. The van der Waals surface area contributed by atoms with Gasteiger partial charge in [-0.2, -0.15) is 0 Å². The van der Waals surface area contributed by atoms with Gasteiger partial charge in [0.05, 0.1) is 24.8 Å². The highest BCUT2D eigenvalue weighted by Crippen LogP contribution is 2.40. The first-order valence-electron chi connectivity index (χ1n) is 7.33. The molecule has 1 amide bonds. The maximum absolute atomic E-state index is 12.7. The maximum atomic E-state index is 12.7. The van der Waals surface area contributed by atoms with Crippen molar-refractivity contribution in [3.05, 3.63) is 52.9 Å². The number of phenolic OH excluding ortho intramolecular Hbond substituents is 1. The number of nitrogens with zero attached hydrogens (tertiary/aromatic N) is 1. The van der Waals surface area contributed by atoms with Gasteiger partial charge in [-0.25, -0.2) is 0 Å². The molecular weight excluding hydrogens is 358 g/mol. The molecule has 1 fully saturated rings. The van der Waals surface area contributed by atoms with E-state index in [1.807, 2.05) is 30.3 Å². The van der Waals surface area contributed by atoms with Crippen LogP contribution in [0.15, 0.2) is 47.4 Å². The summed E-state index contributed by atoms with van der Waals surface area (Å²) >= 11 is 6.58. The van der Waals surface area contributed by atoms with Gasteiger partial charge in [-0.15, -0.1) is 0 Å². The van der Waals surface area contributed by atoms with Crippen LogP contribution in [0.2, 0.25) is 0 Å². The van der Waals surface area contributed by atoms with Gasteiger partial charge in [0, 0.05) is 0 Å². The van der Waals surface area contributed by atoms with Crippen LogP contribution in [0.25, 0.3) is 6.08 Å². The van der Waals surface area contributed by atoms with E-state index < -0.39 is 0 Å². The number of phenols is 1. The molecule has 1 aliphatic rings. The minimum absolute atomic E-state index is 0.0843. The lowest BCUT2D eigenvalue weighted by atomic mass is 10.1. The highest BCUT2D eigenvalue weighted by molar-refractivity contribution is 8.27. The number of thiocarbonyl (C=S) groups is 1. The zero-order valence-electron chi connectivity index (χ0n) is 13.6. The molecule has 1 aliphatic heterocycles. The quantitative estimate of drug-likeness (QED) is 0.650. The molecule has 2 aromatic rings. The molecule has 0 atom stereocenters. The highest BCUT2D eigenvalue weighted by Gasteiger charge is 2.33. The summed E-state index contributed by atoms with van der Waals surface area (Å²) in [6, 6.07) is 12.5. The summed E-state index contributed by atoms with van der Waals surface area (Å²) in [6.45, 7) is 0. The van der Waals surface area contributed by atoms with Crippen LogP contribution in [0.1, 0.15) is 5.56 Å². The van der Waals surface area contributed by atoms with Crippen LogP contribution in [0.4, 0.5) is 5.69 Å². The number of hydrogen-bond acceptors (Lipinski definition) is 6. The van der Waals surface area contributed by atoms with E-state index >= 15 is 0 Å². The molecule has 0 spiro atoms. The molecule has 7 heteroatoms. The minimum atomic E-state index is -0.188. The second-order valence-corrected chi connectivity index (χ2v) is 6.80. The van der Waals surface area contributed by atoms with E-state index in [-0.39, 0.29) is 23.2 Å². The van der Waals surface area contributed by atoms with Gasteiger partial charge in [-0.1, -0.05) is 42.2 Å². The Kier molecular flexibility index (Phi) is 4.96. The second kappa shape index (κ2) is 7.16. The Morgan fingerprint density at radius 3 is 2.28 bits per heavy atom. The Hall–Kier alpha value is -2.51. The third kappa shape index (κ3) is 3.33. The van der Waals surface area contributed by atoms with Gasteiger partial charge >= 0.3 is 0 Å². The van der Waals surface area contributed by atoms with E-state index in [2.05, 4.69) is 0 Å². The third-order valence-electron chi connectivity index (χ3n) is 3.61. The van der Waals surface area contributed by atoms with E-state index in [1.165, 1.54) is 30.9 Å². The van der Waals surface area contributed by atoms with Crippen LogP contribution >= 0.6 is 24.0 Å². The predicted octanol–water partition coefficient (Wildman–Crippen LogP) is 3.82. The largest absolute Gasteiger partial charge is 0.502 e. The lowest BCUT2D eigenvalue weighted by Crippen LogP contribution is -2.27. The van der Waals surface area contributed by atoms with E-state index in [0.29, 0.717) is 14.8 Å². The number of benzene rings is 2. The lowest BCUT2D eigenvalue weighted by molar-refractivity contribution is -0.113. The molecule has 0 radical (unpaired) electrons. The van der Waals surface area contributed by atoms with Gasteiger partial charge in [0.1, 0.15) is 0 Å². The van der Waals surface area contributed by atoms with Crippen LogP contribution in [0.3, 0.4) is 0 Å². The Labute approximate surface area is 154 Å². The Balaban J connectivity index is 1.98. The van der Waals surface area contributed by atoms with E-state index in [1.54, 1.807) is 18.2 Å². The summed E-state index contributed by atoms with van der Waals surface area (Å²) in [5.41, 5.74) is 1.40. The highest BCUT2D eigenvalue weighted by atomic mass is 32.2. The van der Waals surface area contributed by atoms with Gasteiger partial charge in [0.25, 0.3) is 5.91 Å². The average molecular weight is 373 g/mol. The first kappa shape index (κ1) is 17.3. The Morgan fingerprint density at radius 2 is 1.72 bits per heavy atom. The van der Waals surface area contributed by atoms with Crippen LogP contribution in [-0.4, -0.2) is 29.6 Å². The molecule has 25 heavy (non-hydrogen) atoms. The van der Waals surface area contributed by atoms with Crippen molar-refractivity contribution < 1.29 is 19.4 Å². The number of thioether (sulfide) groups is 1. The van der Waals surface area contributed by atoms with Crippen LogP contribution in [-0.2, 0) is 4.79 Å². The normalized spacial score (nSPS) is 15.8. The first-order valence-corrected chi connectivity index (χ1v) is 8.55. The van der Waals surface area contributed by atoms with Gasteiger partial charge in [-0.05, 0) is 35.9 Å². The van der Waals surface area contributed by atoms with Crippen LogP contribution < -0.4 is 14.4 Å². The fourth-order valence-electron chi connectivity index (χ4n) is 2.42. The van der Waals surface area contributed by atoms with Crippen molar-refractivity contribution in [2.75, 3.05) is 19.1 Å². The molecule has 0 bridgehead atoms. The number of aromatic hydroxyl groups is 1. The molecule has 0 unspecified atom stereocenters. The SMILES string of the molecule is COc1cc(/C=C2\SC(=S)N(c3ccccc3)C2=O)cc(OC)c1O. The zero-order chi connectivity index (χ0) is 18.0. The summed E-state index contributed by atoms with van der Waals surface area (Å²) in [5.74, 6) is 0.263. The summed E-state index contributed by atoms with van der Waals surface area (Å²) in [5, 5.41) is 9.99. The van der Waals surface area contributed by atoms with Gasteiger partial charge in [0.2, 0.25) is 5.75 Å². The monoisotopic (exact) mass is 373 g/mol. The first-order chi connectivity index (χ1) is 12.0.